The number of nitrogens with zero attached hydrogens (tertiary/aromatic N) is 2. The fourth-order valence-electron chi connectivity index (χ4n) is 2.67. The van der Waals surface area contributed by atoms with E-state index in [9.17, 15) is 30.4 Å². The molecule has 0 bridgehead atoms. The van der Waals surface area contributed by atoms with Crippen LogP contribution < -0.4 is 0 Å². The number of rotatable bonds is 3. The largest absolute Gasteiger partial charge is 0.449 e. The first-order valence-corrected chi connectivity index (χ1v) is 9.56. The van der Waals surface area contributed by atoms with E-state index in [-0.39, 0.29) is 22.5 Å². The Balaban J connectivity index is 2.29. The molecule has 3 aromatic rings. The number of H-pyrrole nitrogens is 1. The van der Waals surface area contributed by atoms with Crippen LogP contribution in [0.4, 0.5) is 22.0 Å². The third-order valence-corrected chi connectivity index (χ3v) is 4.91. The molecule has 0 aliphatic carbocycles. The molecular weight excluding hydrogens is 405 g/mol. The Morgan fingerprint density at radius 1 is 1.00 bits per heavy atom. The number of hydrogen-bond acceptors (Lipinski definition) is 4. The third-order valence-electron chi connectivity index (χ3n) is 3.78. The van der Waals surface area contributed by atoms with E-state index in [1.165, 1.54) is 18.5 Å². The molecule has 11 heteroatoms. The first-order chi connectivity index (χ1) is 12.9. The van der Waals surface area contributed by atoms with Crippen LogP contribution in [0.5, 0.6) is 0 Å². The minimum absolute atomic E-state index is 0.190. The van der Waals surface area contributed by atoms with Gasteiger partial charge in [-0.05, 0) is 30.7 Å². The Bertz CT molecular complexity index is 1150. The molecule has 148 valence electrons. The van der Waals surface area contributed by atoms with E-state index < -0.39 is 38.4 Å². The summed E-state index contributed by atoms with van der Waals surface area (Å²) in [5.41, 5.74) is -0.0616. The predicted molar refractivity (Wildman–Crippen MR) is 90.0 cm³/mol. The van der Waals surface area contributed by atoms with Crippen molar-refractivity contribution in [1.82, 2.24) is 15.0 Å². The number of hydrogen-bond donors (Lipinski definition) is 1. The molecule has 0 spiro atoms. The van der Waals surface area contributed by atoms with Gasteiger partial charge < -0.3 is 4.98 Å². The summed E-state index contributed by atoms with van der Waals surface area (Å²) < 4.78 is 90.9. The molecule has 0 radical (unpaired) electrons. The molecule has 1 N–H and O–H groups in total. The molecule has 2 heterocycles. The Hall–Kier alpha value is -2.82. The molecular formula is C17H12F5N3O2S. The van der Waals surface area contributed by atoms with Gasteiger partial charge in [0.2, 0.25) is 5.82 Å². The summed E-state index contributed by atoms with van der Waals surface area (Å²) in [6.07, 6.45) is -1.49. The van der Waals surface area contributed by atoms with Crippen LogP contribution in [0.3, 0.4) is 0 Å². The van der Waals surface area contributed by atoms with Gasteiger partial charge in [-0.3, -0.25) is 4.98 Å². The summed E-state index contributed by atoms with van der Waals surface area (Å²) in [7, 11) is -4.21. The number of sulfone groups is 1. The Labute approximate surface area is 156 Å². The minimum Gasteiger partial charge on any atom is -0.334 e. The molecule has 2 aromatic heterocycles. The molecule has 0 amide bonds. The molecule has 0 atom stereocenters. The lowest BCUT2D eigenvalue weighted by molar-refractivity contribution is -0.144. The number of benzene rings is 1. The average molecular weight is 417 g/mol. The summed E-state index contributed by atoms with van der Waals surface area (Å²) in [5.74, 6) is -4.21. The summed E-state index contributed by atoms with van der Waals surface area (Å²) in [6, 6.07) is 2.78. The van der Waals surface area contributed by atoms with Crippen molar-refractivity contribution in [1.29, 1.82) is 0 Å². The molecule has 1 aromatic carbocycles. The van der Waals surface area contributed by atoms with Crippen LogP contribution in [0.2, 0.25) is 0 Å². The van der Waals surface area contributed by atoms with Gasteiger partial charge in [0.05, 0.1) is 11.4 Å². The second-order valence-electron chi connectivity index (χ2n) is 6.10. The molecule has 0 aliphatic heterocycles. The number of aryl methyl sites for hydroxylation is 1. The SMILES string of the molecule is Cc1cncc(-c2nc(C(F)(F)F)[nH]c2-c2cc(F)c(S(C)(=O)=O)c(F)c2)c1. The minimum atomic E-state index is -4.84. The second kappa shape index (κ2) is 6.66. The maximum absolute atomic E-state index is 14.2. The zero-order valence-electron chi connectivity index (χ0n) is 14.4. The summed E-state index contributed by atoms with van der Waals surface area (Å²) in [4.78, 5) is 8.26. The van der Waals surface area contributed by atoms with Crippen molar-refractivity contribution in [2.45, 2.75) is 18.0 Å². The Morgan fingerprint density at radius 3 is 2.11 bits per heavy atom. The van der Waals surface area contributed by atoms with E-state index >= 15 is 0 Å². The van der Waals surface area contributed by atoms with Crippen molar-refractivity contribution in [3.05, 3.63) is 53.6 Å². The molecule has 5 nitrogen and oxygen atoms in total. The molecule has 3 rings (SSSR count). The van der Waals surface area contributed by atoms with Gasteiger partial charge in [0.1, 0.15) is 16.5 Å². The number of aromatic amines is 1. The van der Waals surface area contributed by atoms with Crippen LogP contribution in [-0.4, -0.2) is 29.6 Å². The van der Waals surface area contributed by atoms with E-state index in [4.69, 9.17) is 0 Å². The van der Waals surface area contributed by atoms with Gasteiger partial charge in [-0.1, -0.05) is 0 Å². The fraction of sp³-hybridized carbons (Fsp3) is 0.176. The highest BCUT2D eigenvalue weighted by Gasteiger charge is 2.36. The quantitative estimate of drug-likeness (QED) is 0.650. The van der Waals surface area contributed by atoms with Gasteiger partial charge in [-0.2, -0.15) is 13.2 Å². The van der Waals surface area contributed by atoms with E-state index in [1.807, 2.05) is 4.98 Å². The van der Waals surface area contributed by atoms with Gasteiger partial charge in [0.25, 0.3) is 0 Å². The predicted octanol–water partition coefficient (Wildman–Crippen LogP) is 4.15. The molecule has 28 heavy (non-hydrogen) atoms. The Morgan fingerprint density at radius 2 is 1.61 bits per heavy atom. The molecule has 0 aliphatic rings. The number of halogens is 5. The van der Waals surface area contributed by atoms with Gasteiger partial charge in [0, 0.05) is 29.8 Å². The summed E-state index contributed by atoms with van der Waals surface area (Å²) >= 11 is 0. The third kappa shape index (κ3) is 3.75. The van der Waals surface area contributed by atoms with Crippen LogP contribution in [0.1, 0.15) is 11.4 Å². The smallest absolute Gasteiger partial charge is 0.334 e. The normalized spacial score (nSPS) is 12.4. The van der Waals surface area contributed by atoms with Crippen LogP contribution in [0.15, 0.2) is 35.5 Å². The van der Waals surface area contributed by atoms with Crippen molar-refractivity contribution in [2.24, 2.45) is 0 Å². The van der Waals surface area contributed by atoms with Crippen molar-refractivity contribution >= 4 is 9.84 Å². The van der Waals surface area contributed by atoms with Crippen LogP contribution in [-0.2, 0) is 16.0 Å². The summed E-state index contributed by atoms with van der Waals surface area (Å²) in [6.45, 7) is 1.66. The highest BCUT2D eigenvalue weighted by molar-refractivity contribution is 7.90. The number of alkyl halides is 3. The molecule has 0 fully saturated rings. The van der Waals surface area contributed by atoms with Crippen LogP contribution >= 0.6 is 0 Å². The van der Waals surface area contributed by atoms with Gasteiger partial charge in [0.15, 0.2) is 9.84 Å². The van der Waals surface area contributed by atoms with Crippen molar-refractivity contribution in [2.75, 3.05) is 6.26 Å². The van der Waals surface area contributed by atoms with Crippen LogP contribution in [0.25, 0.3) is 22.5 Å². The maximum atomic E-state index is 14.2. The van der Waals surface area contributed by atoms with Gasteiger partial charge in [-0.25, -0.2) is 22.2 Å². The zero-order chi connectivity index (χ0) is 20.9. The van der Waals surface area contributed by atoms with E-state index in [0.717, 1.165) is 0 Å². The topological polar surface area (TPSA) is 75.7 Å². The zero-order valence-corrected chi connectivity index (χ0v) is 15.2. The second-order valence-corrected chi connectivity index (χ2v) is 8.05. The lowest BCUT2D eigenvalue weighted by Crippen LogP contribution is -2.07. The standard InChI is InChI=1S/C17H12F5N3O2S/c1-8-3-10(7-23-6-8)14-13(24-16(25-14)17(20,21)22)9-4-11(18)15(12(19)5-9)28(2,26)27/h3-7H,1-2H3,(H,24,25). The first kappa shape index (κ1) is 19.9. The maximum Gasteiger partial charge on any atom is 0.449 e. The molecule has 0 saturated heterocycles. The van der Waals surface area contributed by atoms with E-state index in [0.29, 0.717) is 24.0 Å². The lowest BCUT2D eigenvalue weighted by atomic mass is 10.1. The number of nitrogens with one attached hydrogen (secondary N) is 1. The van der Waals surface area contributed by atoms with E-state index in [2.05, 4.69) is 9.97 Å². The van der Waals surface area contributed by atoms with Crippen molar-refractivity contribution in [3.8, 4) is 22.5 Å². The lowest BCUT2D eigenvalue weighted by Gasteiger charge is -2.08. The highest BCUT2D eigenvalue weighted by Crippen LogP contribution is 2.37. The number of pyridine rings is 1. The van der Waals surface area contributed by atoms with Gasteiger partial charge in [-0.15, -0.1) is 0 Å². The van der Waals surface area contributed by atoms with E-state index in [1.54, 1.807) is 6.92 Å². The summed E-state index contributed by atoms with van der Waals surface area (Å²) in [5, 5.41) is 0. The van der Waals surface area contributed by atoms with Gasteiger partial charge >= 0.3 is 6.18 Å². The average Bonchev–Trinajstić information content (AvgIpc) is 2.98. The molecule has 0 unspecified atom stereocenters. The molecule has 0 saturated carbocycles. The van der Waals surface area contributed by atoms with Crippen molar-refractivity contribution < 1.29 is 30.4 Å². The van der Waals surface area contributed by atoms with Crippen molar-refractivity contribution in [3.63, 3.8) is 0 Å². The first-order valence-electron chi connectivity index (χ1n) is 7.66. The highest BCUT2D eigenvalue weighted by atomic mass is 32.2. The number of imidazole rings is 1. The fourth-order valence-corrected chi connectivity index (χ4v) is 3.49. The Kier molecular flexibility index (Phi) is 4.74. The monoisotopic (exact) mass is 417 g/mol. The number of aromatic nitrogens is 3. The van der Waals surface area contributed by atoms with Crippen LogP contribution in [0, 0.1) is 18.6 Å².